The number of hydrogen-bond donors (Lipinski definition) is 1. The average Bonchev–Trinajstić information content (AvgIpc) is 2.76. The fourth-order valence-electron chi connectivity index (χ4n) is 2.92. The van der Waals surface area contributed by atoms with Crippen LogP contribution >= 0.6 is 35.4 Å². The normalized spacial score (nSPS) is 24.9. The van der Waals surface area contributed by atoms with Crippen molar-refractivity contribution in [2.24, 2.45) is 0 Å². The molecule has 1 N–H and O–H groups in total. The Labute approximate surface area is 139 Å². The van der Waals surface area contributed by atoms with Crippen LogP contribution in [0, 0.1) is 0 Å². The number of halogens is 2. The van der Waals surface area contributed by atoms with Crippen LogP contribution in [-0.2, 0) is 5.54 Å². The highest BCUT2D eigenvalue weighted by Gasteiger charge is 2.43. The third-order valence-electron chi connectivity index (χ3n) is 4.08. The van der Waals surface area contributed by atoms with Crippen LogP contribution in [0.15, 0.2) is 42.6 Å². The first kappa shape index (κ1) is 14.8. The molecule has 1 aromatic heterocycles. The Morgan fingerprint density at radius 1 is 1.19 bits per heavy atom. The lowest BCUT2D eigenvalue weighted by atomic mass is 9.78. The molecular weight excluding hydrogens is 323 g/mol. The highest BCUT2D eigenvalue weighted by atomic mass is 35.5. The monoisotopic (exact) mass is 336 g/mol. The topological polar surface area (TPSA) is 24.9 Å². The fourth-order valence-corrected chi connectivity index (χ4v) is 3.54. The molecule has 108 valence electrons. The molecule has 5 heteroatoms. The van der Waals surface area contributed by atoms with Crippen LogP contribution in [0.4, 0.5) is 0 Å². The Morgan fingerprint density at radius 3 is 2.52 bits per heavy atom. The summed E-state index contributed by atoms with van der Waals surface area (Å²) in [6, 6.07) is 11.8. The maximum atomic E-state index is 5.99. The van der Waals surface area contributed by atoms with Gasteiger partial charge in [0.15, 0.2) is 0 Å². The van der Waals surface area contributed by atoms with E-state index >= 15 is 0 Å². The van der Waals surface area contributed by atoms with Gasteiger partial charge >= 0.3 is 0 Å². The quantitative estimate of drug-likeness (QED) is 0.635. The van der Waals surface area contributed by atoms with Crippen molar-refractivity contribution in [3.8, 4) is 0 Å². The van der Waals surface area contributed by atoms with Crippen LogP contribution in [0.2, 0.25) is 10.2 Å². The number of benzene rings is 1. The van der Waals surface area contributed by atoms with Gasteiger partial charge in [-0.3, -0.25) is 0 Å². The molecule has 1 aliphatic heterocycles. The summed E-state index contributed by atoms with van der Waals surface area (Å²) in [6.07, 6.45) is 2.63. The smallest absolute Gasteiger partial charge is 0.129 e. The van der Waals surface area contributed by atoms with E-state index in [1.807, 2.05) is 30.5 Å². The second-order valence-corrected chi connectivity index (χ2v) is 6.74. The summed E-state index contributed by atoms with van der Waals surface area (Å²) in [5, 5.41) is 4.67. The molecule has 0 spiro atoms. The molecule has 2 nitrogen and oxygen atoms in total. The van der Waals surface area contributed by atoms with Gasteiger partial charge in [0.25, 0.3) is 0 Å². The van der Waals surface area contributed by atoms with Crippen molar-refractivity contribution in [2.45, 2.75) is 24.8 Å². The summed E-state index contributed by atoms with van der Waals surface area (Å²) in [6.45, 7) is 2.15. The lowest BCUT2D eigenvalue weighted by Crippen LogP contribution is -2.38. The second kappa shape index (κ2) is 5.56. The van der Waals surface area contributed by atoms with Crippen molar-refractivity contribution in [1.82, 2.24) is 10.3 Å². The molecular formula is C16H14Cl2N2S. The number of nitrogens with zero attached hydrogens (tertiary/aromatic N) is 1. The van der Waals surface area contributed by atoms with E-state index in [0.717, 1.165) is 22.0 Å². The molecule has 0 aliphatic carbocycles. The van der Waals surface area contributed by atoms with Gasteiger partial charge in [0, 0.05) is 23.6 Å². The molecule has 1 aliphatic rings. The van der Waals surface area contributed by atoms with E-state index in [-0.39, 0.29) is 11.5 Å². The van der Waals surface area contributed by atoms with Crippen molar-refractivity contribution in [3.63, 3.8) is 0 Å². The van der Waals surface area contributed by atoms with Gasteiger partial charge in [0.2, 0.25) is 0 Å². The summed E-state index contributed by atoms with van der Waals surface area (Å²) in [5.74, 6) is 0.241. The van der Waals surface area contributed by atoms with Crippen LogP contribution in [0.1, 0.15) is 30.4 Å². The third-order valence-corrected chi connectivity index (χ3v) is 4.83. The third kappa shape index (κ3) is 2.78. The van der Waals surface area contributed by atoms with E-state index < -0.39 is 0 Å². The molecule has 0 unspecified atom stereocenters. The van der Waals surface area contributed by atoms with Gasteiger partial charge in [0.05, 0.1) is 10.5 Å². The number of pyridine rings is 1. The SMILES string of the molecule is C[C@@]1(c2ccc(Cl)nc2)NC(=S)C[C@@H]1c1ccc(Cl)cc1. The molecule has 0 bridgehead atoms. The molecule has 2 heterocycles. The predicted octanol–water partition coefficient (Wildman–Crippen LogP) is 4.71. The standard InChI is InChI=1S/C16H14Cl2N2S/c1-16(11-4-7-14(18)19-9-11)13(8-15(21)20-16)10-2-5-12(17)6-3-10/h2-7,9,13H,8H2,1H3,(H,20,21)/t13-,16+/m1/s1. The minimum absolute atomic E-state index is 0.241. The van der Waals surface area contributed by atoms with Gasteiger partial charge in [-0.05, 0) is 36.2 Å². The van der Waals surface area contributed by atoms with Crippen LogP contribution in [0.5, 0.6) is 0 Å². The largest absolute Gasteiger partial charge is 0.370 e. The van der Waals surface area contributed by atoms with Gasteiger partial charge in [0.1, 0.15) is 5.15 Å². The second-order valence-electron chi connectivity index (χ2n) is 5.43. The average molecular weight is 337 g/mol. The van der Waals surface area contributed by atoms with Gasteiger partial charge in [-0.1, -0.05) is 53.6 Å². The maximum Gasteiger partial charge on any atom is 0.129 e. The number of aromatic nitrogens is 1. The fraction of sp³-hybridized carbons (Fsp3) is 0.250. The Morgan fingerprint density at radius 2 is 1.90 bits per heavy atom. The predicted molar refractivity (Wildman–Crippen MR) is 91.1 cm³/mol. The highest BCUT2D eigenvalue weighted by Crippen LogP contribution is 2.43. The lowest BCUT2D eigenvalue weighted by Gasteiger charge is -2.32. The van der Waals surface area contributed by atoms with Gasteiger partial charge in [-0.25, -0.2) is 4.98 Å². The maximum absolute atomic E-state index is 5.99. The molecule has 1 fully saturated rings. The zero-order chi connectivity index (χ0) is 15.0. The van der Waals surface area contributed by atoms with E-state index in [1.54, 1.807) is 0 Å². The molecule has 2 atom stereocenters. The summed E-state index contributed by atoms with van der Waals surface area (Å²) in [7, 11) is 0. The van der Waals surface area contributed by atoms with E-state index in [2.05, 4.69) is 29.4 Å². The summed E-state index contributed by atoms with van der Waals surface area (Å²) in [4.78, 5) is 5.07. The van der Waals surface area contributed by atoms with Crippen molar-refractivity contribution in [2.75, 3.05) is 0 Å². The Kier molecular flexibility index (Phi) is 3.91. The van der Waals surface area contributed by atoms with E-state index in [4.69, 9.17) is 35.4 Å². The Bertz CT molecular complexity index is 670. The highest BCUT2D eigenvalue weighted by molar-refractivity contribution is 7.80. The molecule has 21 heavy (non-hydrogen) atoms. The first-order valence-corrected chi connectivity index (χ1v) is 7.84. The Balaban J connectivity index is 2.04. The Hall–Kier alpha value is -1.16. The van der Waals surface area contributed by atoms with Crippen molar-refractivity contribution < 1.29 is 0 Å². The molecule has 0 amide bonds. The molecule has 2 aromatic rings. The minimum Gasteiger partial charge on any atom is -0.370 e. The molecule has 0 saturated carbocycles. The zero-order valence-corrected chi connectivity index (χ0v) is 13.8. The van der Waals surface area contributed by atoms with Crippen molar-refractivity contribution >= 4 is 40.4 Å². The van der Waals surface area contributed by atoms with Crippen LogP contribution < -0.4 is 5.32 Å². The lowest BCUT2D eigenvalue weighted by molar-refractivity contribution is 0.394. The van der Waals surface area contributed by atoms with E-state index in [9.17, 15) is 0 Å². The van der Waals surface area contributed by atoms with Gasteiger partial charge in [-0.15, -0.1) is 0 Å². The molecule has 1 aromatic carbocycles. The summed E-state index contributed by atoms with van der Waals surface area (Å²) >= 11 is 17.3. The number of thiocarbonyl (C=S) groups is 1. The minimum atomic E-state index is -0.289. The van der Waals surface area contributed by atoms with Crippen LogP contribution in [0.25, 0.3) is 0 Å². The zero-order valence-electron chi connectivity index (χ0n) is 11.4. The van der Waals surface area contributed by atoms with Gasteiger partial charge in [-0.2, -0.15) is 0 Å². The summed E-state index contributed by atoms with van der Waals surface area (Å²) < 4.78 is 0. The van der Waals surface area contributed by atoms with E-state index in [0.29, 0.717) is 5.15 Å². The molecule has 1 saturated heterocycles. The van der Waals surface area contributed by atoms with Crippen molar-refractivity contribution in [3.05, 3.63) is 63.9 Å². The number of hydrogen-bond acceptors (Lipinski definition) is 2. The first-order valence-electron chi connectivity index (χ1n) is 6.67. The first-order chi connectivity index (χ1) is 9.99. The van der Waals surface area contributed by atoms with E-state index in [1.165, 1.54) is 5.56 Å². The summed E-state index contributed by atoms with van der Waals surface area (Å²) in [5.41, 5.74) is 2.00. The van der Waals surface area contributed by atoms with Gasteiger partial charge < -0.3 is 5.32 Å². The molecule has 0 radical (unpaired) electrons. The van der Waals surface area contributed by atoms with Crippen molar-refractivity contribution in [1.29, 1.82) is 0 Å². The molecule has 3 rings (SSSR count). The van der Waals surface area contributed by atoms with Crippen LogP contribution in [-0.4, -0.2) is 9.97 Å². The number of nitrogens with one attached hydrogen (secondary N) is 1. The number of rotatable bonds is 2. The van der Waals surface area contributed by atoms with Crippen LogP contribution in [0.3, 0.4) is 0 Å².